The van der Waals surface area contributed by atoms with Gasteiger partial charge in [0, 0.05) is 23.1 Å². The van der Waals surface area contributed by atoms with Gasteiger partial charge in [0.1, 0.15) is 17.4 Å². The van der Waals surface area contributed by atoms with Gasteiger partial charge in [-0.25, -0.2) is 4.79 Å². The predicted molar refractivity (Wildman–Crippen MR) is 139 cm³/mol. The summed E-state index contributed by atoms with van der Waals surface area (Å²) in [5.41, 5.74) is 5.89. The van der Waals surface area contributed by atoms with Gasteiger partial charge in [-0.1, -0.05) is 38.1 Å². The monoisotopic (exact) mass is 535 g/mol. The van der Waals surface area contributed by atoms with Crippen molar-refractivity contribution in [1.82, 2.24) is 0 Å². The first-order valence-electron chi connectivity index (χ1n) is 12.6. The van der Waals surface area contributed by atoms with Crippen LogP contribution in [0.2, 0.25) is 0 Å². The number of rotatable bonds is 3. The Balaban J connectivity index is 1.55. The van der Waals surface area contributed by atoms with Crippen LogP contribution in [-0.2, 0) is 14.4 Å². The first-order valence-corrected chi connectivity index (χ1v) is 12.6. The number of fused-ring (bicyclic) bond motifs is 3. The minimum atomic E-state index is -1.63. The van der Waals surface area contributed by atoms with Gasteiger partial charge in [-0.2, -0.15) is 0 Å². The van der Waals surface area contributed by atoms with Crippen molar-refractivity contribution in [2.24, 2.45) is 35.3 Å². The van der Waals surface area contributed by atoms with Crippen LogP contribution < -0.4 is 16.4 Å². The number of hydrogen-bond donors (Lipinski definition) is 7. The molecular weight excluding hydrogens is 506 g/mol. The van der Waals surface area contributed by atoms with Gasteiger partial charge in [-0.05, 0) is 35.6 Å². The van der Waals surface area contributed by atoms with Crippen molar-refractivity contribution >= 4 is 40.6 Å². The molecule has 0 saturated heterocycles. The summed E-state index contributed by atoms with van der Waals surface area (Å²) in [6, 6.07) is 11.0. The molecule has 2 fully saturated rings. The van der Waals surface area contributed by atoms with E-state index < -0.39 is 82.7 Å². The Bertz CT molecular complexity index is 1420. The third kappa shape index (κ3) is 3.96. The quantitative estimate of drug-likeness (QED) is 0.228. The van der Waals surface area contributed by atoms with Crippen LogP contribution in [0, 0.1) is 29.6 Å². The summed E-state index contributed by atoms with van der Waals surface area (Å²) in [5.74, 6) is -10.4. The van der Waals surface area contributed by atoms with Gasteiger partial charge < -0.3 is 36.8 Å². The van der Waals surface area contributed by atoms with Gasteiger partial charge in [0.25, 0.3) is 0 Å². The molecule has 0 aromatic heterocycles. The molecule has 2 saturated carbocycles. The van der Waals surface area contributed by atoms with Crippen LogP contribution in [0.5, 0.6) is 5.75 Å². The predicted octanol–water partition coefficient (Wildman–Crippen LogP) is 1.90. The van der Waals surface area contributed by atoms with E-state index in [1.165, 1.54) is 6.07 Å². The zero-order valence-electron chi connectivity index (χ0n) is 21.2. The first-order chi connectivity index (χ1) is 18.5. The second-order valence-corrected chi connectivity index (χ2v) is 10.5. The Morgan fingerprint density at radius 1 is 0.923 bits per heavy atom. The molecule has 8 N–H and O–H groups in total. The molecule has 0 heterocycles. The number of nitrogens with two attached hydrogens (primary N) is 1. The zero-order chi connectivity index (χ0) is 28.3. The van der Waals surface area contributed by atoms with Crippen LogP contribution in [0.3, 0.4) is 0 Å². The van der Waals surface area contributed by atoms with Crippen molar-refractivity contribution in [2.45, 2.75) is 32.0 Å². The number of carbonyl (C=O) groups excluding carboxylic acids is 4. The highest BCUT2D eigenvalue weighted by Gasteiger charge is 2.61. The van der Waals surface area contributed by atoms with E-state index in [4.69, 9.17) is 5.73 Å². The molecule has 0 spiro atoms. The summed E-state index contributed by atoms with van der Waals surface area (Å²) in [6.07, 6.45) is -2.80. The molecule has 0 aliphatic heterocycles. The smallest absolute Gasteiger partial charge is 0.323 e. The second kappa shape index (κ2) is 9.51. The maximum absolute atomic E-state index is 13.8. The van der Waals surface area contributed by atoms with Gasteiger partial charge in [0.05, 0.1) is 29.4 Å². The molecule has 3 aliphatic carbocycles. The Morgan fingerprint density at radius 3 is 2.23 bits per heavy atom. The largest absolute Gasteiger partial charge is 0.507 e. The summed E-state index contributed by atoms with van der Waals surface area (Å²) in [5, 5.41) is 49.6. The number of hydrogen-bond acceptors (Lipinski definition) is 8. The van der Waals surface area contributed by atoms with Gasteiger partial charge in [0.15, 0.2) is 11.6 Å². The Kier molecular flexibility index (Phi) is 6.44. The van der Waals surface area contributed by atoms with Crippen LogP contribution in [0.1, 0.15) is 30.9 Å². The van der Waals surface area contributed by atoms with E-state index in [9.17, 15) is 39.6 Å². The van der Waals surface area contributed by atoms with E-state index in [-0.39, 0.29) is 16.8 Å². The van der Waals surface area contributed by atoms with Gasteiger partial charge in [0.2, 0.25) is 5.91 Å². The number of anilines is 2. The maximum Gasteiger partial charge on any atom is 0.323 e. The number of para-hydroxylation sites is 1. The molecular formula is C28H29N3O8. The van der Waals surface area contributed by atoms with Crippen molar-refractivity contribution in [3.63, 3.8) is 0 Å². The Morgan fingerprint density at radius 2 is 1.59 bits per heavy atom. The van der Waals surface area contributed by atoms with Crippen LogP contribution in [0.25, 0.3) is 5.76 Å². The van der Waals surface area contributed by atoms with Gasteiger partial charge in [-0.3, -0.25) is 14.4 Å². The number of nitrogens with one attached hydrogen (secondary N) is 2. The fourth-order valence-electron chi connectivity index (χ4n) is 6.54. The number of benzene rings is 2. The number of carbonyl (C=O) groups is 4. The average molecular weight is 536 g/mol. The molecule has 2 aromatic carbocycles. The molecule has 11 heteroatoms. The highest BCUT2D eigenvalue weighted by Crippen LogP contribution is 2.55. The minimum absolute atomic E-state index is 0.0408. The summed E-state index contributed by atoms with van der Waals surface area (Å²) >= 11 is 0. The molecule has 8 atom stereocenters. The van der Waals surface area contributed by atoms with Crippen LogP contribution in [0.15, 0.2) is 48.0 Å². The maximum atomic E-state index is 13.8. The summed E-state index contributed by atoms with van der Waals surface area (Å²) in [6.45, 7) is 3.25. The highest BCUT2D eigenvalue weighted by molar-refractivity contribution is 6.19. The average Bonchev–Trinajstić information content (AvgIpc) is 2.88. The molecule has 39 heavy (non-hydrogen) atoms. The van der Waals surface area contributed by atoms with Crippen molar-refractivity contribution in [2.75, 3.05) is 10.6 Å². The summed E-state index contributed by atoms with van der Waals surface area (Å²) < 4.78 is 0. The van der Waals surface area contributed by atoms with E-state index in [2.05, 4.69) is 10.6 Å². The molecule has 11 nitrogen and oxygen atoms in total. The lowest BCUT2D eigenvalue weighted by atomic mass is 9.53. The van der Waals surface area contributed by atoms with Crippen molar-refractivity contribution in [1.29, 1.82) is 0 Å². The van der Waals surface area contributed by atoms with Gasteiger partial charge >= 0.3 is 6.03 Å². The van der Waals surface area contributed by atoms with Crippen LogP contribution in [-0.4, -0.2) is 56.1 Å². The number of urea groups is 1. The number of primary amides is 1. The van der Waals surface area contributed by atoms with Crippen molar-refractivity contribution in [3.05, 3.63) is 59.2 Å². The standard InChI is InChI=1S/C28H29N3O8/c1-10-13-8-9-14(31-28(39)30-12-6-4-3-5-7-12)22(33)17(13)24(35)18-15(10)23(34)16-11(2)21(32)20(27(29)38)26(37)19(16)25(18)36/h3-11,15-16,19-21,23,32-35H,1-2H3,(H2,29,38)(H2,30,31,39)/t10-,11?,15?,16?,19?,20?,21?,23-/m0/s1. The van der Waals surface area contributed by atoms with E-state index >= 15 is 0 Å². The molecule has 204 valence electrons. The molecule has 0 bridgehead atoms. The van der Waals surface area contributed by atoms with E-state index in [0.29, 0.717) is 11.3 Å². The van der Waals surface area contributed by atoms with Crippen molar-refractivity contribution < 1.29 is 39.6 Å². The number of phenolic OH excluding ortho intramolecular Hbond substituents is 1. The highest BCUT2D eigenvalue weighted by atomic mass is 16.3. The lowest BCUT2D eigenvalue weighted by Crippen LogP contribution is -2.62. The molecule has 3 amide bonds. The van der Waals surface area contributed by atoms with Crippen LogP contribution >= 0.6 is 0 Å². The SMILES string of the molecule is CC1C(O)C(C(N)=O)C(=O)C2C(=O)C3=C(O)c4c(ccc(NC(=O)Nc5ccccc5)c4O)[C@H](C)C3[C@H](O)C21. The molecule has 0 radical (unpaired) electrons. The van der Waals surface area contributed by atoms with Crippen molar-refractivity contribution in [3.8, 4) is 5.75 Å². The molecule has 3 aliphatic rings. The minimum Gasteiger partial charge on any atom is -0.507 e. The third-order valence-electron chi connectivity index (χ3n) is 8.45. The molecule has 6 unspecified atom stereocenters. The number of aliphatic hydroxyl groups excluding tert-OH is 3. The fraction of sp³-hybridized carbons (Fsp3) is 0.357. The number of amides is 3. The second-order valence-electron chi connectivity index (χ2n) is 10.5. The zero-order valence-corrected chi connectivity index (χ0v) is 21.2. The normalized spacial score (nSPS) is 31.6. The van der Waals surface area contributed by atoms with E-state index in [0.717, 1.165) is 0 Å². The summed E-state index contributed by atoms with van der Waals surface area (Å²) in [4.78, 5) is 51.5. The Labute approximate surface area is 223 Å². The number of aromatic hydroxyl groups is 1. The lowest BCUT2D eigenvalue weighted by Gasteiger charge is -2.51. The van der Waals surface area contributed by atoms with Crippen LogP contribution in [0.4, 0.5) is 16.2 Å². The Hall–Kier alpha value is -4.22. The van der Waals surface area contributed by atoms with E-state index in [1.807, 2.05) is 0 Å². The topological polar surface area (TPSA) is 199 Å². The first kappa shape index (κ1) is 26.4. The fourth-order valence-corrected chi connectivity index (χ4v) is 6.54. The molecule has 2 aromatic rings. The van der Waals surface area contributed by atoms with E-state index in [1.54, 1.807) is 50.2 Å². The van der Waals surface area contributed by atoms with Gasteiger partial charge in [-0.15, -0.1) is 0 Å². The number of phenols is 1. The lowest BCUT2D eigenvalue weighted by molar-refractivity contribution is -0.164. The third-order valence-corrected chi connectivity index (χ3v) is 8.45. The summed E-state index contributed by atoms with van der Waals surface area (Å²) in [7, 11) is 0. The molecule has 5 rings (SSSR count). The number of Topliss-reactive ketones (excluding diaryl/α,β-unsaturated/α-hetero) is 2. The number of ketones is 2. The number of aliphatic hydroxyl groups is 3.